The van der Waals surface area contributed by atoms with Gasteiger partial charge in [-0.1, -0.05) is 24.3 Å². The number of nitrogen functional groups attached to an aromatic ring is 1. The fourth-order valence-electron chi connectivity index (χ4n) is 6.10. The fourth-order valence-corrected chi connectivity index (χ4v) is 6.10. The molecule has 3 aromatic carbocycles. The third-order valence-electron chi connectivity index (χ3n) is 8.19. The molecule has 230 valence electrons. The molecule has 4 aromatic rings. The van der Waals surface area contributed by atoms with Crippen LogP contribution in [0.4, 0.5) is 5.69 Å². The Balaban J connectivity index is 1.80. The van der Waals surface area contributed by atoms with Crippen molar-refractivity contribution in [2.45, 2.75) is 37.6 Å². The molecule has 3 amide bonds. The van der Waals surface area contributed by atoms with Gasteiger partial charge in [-0.2, -0.15) is 5.01 Å². The van der Waals surface area contributed by atoms with E-state index >= 15 is 0 Å². The van der Waals surface area contributed by atoms with E-state index < -0.39 is 61.6 Å². The zero-order valence-corrected chi connectivity index (χ0v) is 23.0. The van der Waals surface area contributed by atoms with E-state index in [9.17, 15) is 50.1 Å². The monoisotopic (exact) mass is 608 g/mol. The zero-order chi connectivity index (χ0) is 31.8. The number of nitrogens with one attached hydrogen (secondary N) is 1. The minimum Gasteiger partial charge on any atom is -0.508 e. The van der Waals surface area contributed by atoms with Crippen molar-refractivity contribution in [2.24, 2.45) is 0 Å². The number of aromatic nitrogens is 1. The van der Waals surface area contributed by atoms with E-state index in [1.807, 2.05) is 0 Å². The van der Waals surface area contributed by atoms with Crippen LogP contribution in [-0.2, 0) is 9.53 Å². The predicted molar refractivity (Wildman–Crippen MR) is 152 cm³/mol. The summed E-state index contributed by atoms with van der Waals surface area (Å²) >= 11 is 0. The summed E-state index contributed by atoms with van der Waals surface area (Å²) in [6.45, 7) is -0.240. The lowest BCUT2D eigenvalue weighted by Gasteiger charge is -2.41. The highest BCUT2D eigenvalue weighted by Crippen LogP contribution is 2.50. The van der Waals surface area contributed by atoms with Crippen molar-refractivity contribution >= 4 is 45.2 Å². The number of aliphatic hydroxyl groups excluding tert-OH is 5. The smallest absolute Gasteiger partial charge is 0.281 e. The predicted octanol–water partition coefficient (Wildman–Crippen LogP) is -0.645. The SMILES string of the molecule is Cc1c(O)cccc1-c1c2c(c3c4cccc(O)c4n(C4OC(CO)C(O)C(O)C4O)c3c1N)C(=O)N(NC(=O)CO)C2=O. The van der Waals surface area contributed by atoms with Crippen LogP contribution in [0.3, 0.4) is 0 Å². The molecule has 6 rings (SSSR count). The molecule has 5 atom stereocenters. The average Bonchev–Trinajstić information content (AvgIpc) is 3.47. The average molecular weight is 609 g/mol. The van der Waals surface area contributed by atoms with Crippen LogP contribution >= 0.6 is 0 Å². The number of aliphatic hydroxyl groups is 5. The summed E-state index contributed by atoms with van der Waals surface area (Å²) in [6.07, 6.45) is -8.33. The van der Waals surface area contributed by atoms with Crippen LogP contribution in [0.1, 0.15) is 32.5 Å². The Morgan fingerprint density at radius 1 is 0.909 bits per heavy atom. The van der Waals surface area contributed by atoms with Gasteiger partial charge in [-0.25, -0.2) is 0 Å². The van der Waals surface area contributed by atoms with Gasteiger partial charge in [0.15, 0.2) is 6.23 Å². The number of imide groups is 1. The van der Waals surface area contributed by atoms with E-state index in [1.54, 1.807) is 6.92 Å². The number of nitrogens with two attached hydrogens (primary N) is 1. The summed E-state index contributed by atoms with van der Waals surface area (Å²) in [5.74, 6) is -3.59. The third kappa shape index (κ3) is 3.95. The molecule has 15 nitrogen and oxygen atoms in total. The van der Waals surface area contributed by atoms with Crippen LogP contribution in [0.25, 0.3) is 32.9 Å². The molecule has 3 heterocycles. The summed E-state index contributed by atoms with van der Waals surface area (Å²) in [7, 11) is 0. The molecule has 0 bridgehead atoms. The van der Waals surface area contributed by atoms with Crippen molar-refractivity contribution in [1.82, 2.24) is 15.0 Å². The van der Waals surface area contributed by atoms with Crippen molar-refractivity contribution in [3.8, 4) is 22.6 Å². The number of hydrazine groups is 1. The van der Waals surface area contributed by atoms with E-state index in [0.717, 1.165) is 0 Å². The maximum Gasteiger partial charge on any atom is 0.281 e. The number of anilines is 1. The van der Waals surface area contributed by atoms with E-state index in [1.165, 1.54) is 41.0 Å². The Morgan fingerprint density at radius 3 is 2.25 bits per heavy atom. The first-order valence-electron chi connectivity index (χ1n) is 13.4. The molecule has 0 aliphatic carbocycles. The second-order valence-corrected chi connectivity index (χ2v) is 10.6. The maximum absolute atomic E-state index is 14.0. The van der Waals surface area contributed by atoms with Gasteiger partial charge in [0.1, 0.15) is 42.5 Å². The lowest BCUT2D eigenvalue weighted by molar-refractivity contribution is -0.249. The molecule has 0 radical (unpaired) electrons. The molecule has 2 aliphatic heterocycles. The first-order valence-corrected chi connectivity index (χ1v) is 13.4. The van der Waals surface area contributed by atoms with Crippen molar-refractivity contribution in [1.29, 1.82) is 0 Å². The van der Waals surface area contributed by atoms with Crippen molar-refractivity contribution < 1.29 is 54.9 Å². The standard InChI is InChI=1S/C29H28N4O11/c1-10-11(4-2-6-13(10)36)17-19-20(28(43)33(27(19)42)31-16(38)9-35)18-12-5-3-7-14(37)22(12)32(23(18)21(17)30)29-26(41)25(40)24(39)15(8-34)44-29/h2-7,15,24-26,29,34-37,39-41H,8-9,30H2,1H3,(H,31,38). The van der Waals surface area contributed by atoms with Crippen molar-refractivity contribution in [3.63, 3.8) is 0 Å². The topological polar surface area (TPSA) is 248 Å². The number of phenols is 2. The Hall–Kier alpha value is -4.77. The van der Waals surface area contributed by atoms with Crippen LogP contribution in [0.5, 0.6) is 11.5 Å². The first kappa shape index (κ1) is 29.3. The van der Waals surface area contributed by atoms with E-state index in [-0.39, 0.29) is 66.8 Å². The highest BCUT2D eigenvalue weighted by molar-refractivity contribution is 6.35. The molecule has 1 fully saturated rings. The van der Waals surface area contributed by atoms with Crippen LogP contribution in [0.15, 0.2) is 36.4 Å². The fraction of sp³-hybridized carbons (Fsp3) is 0.276. The van der Waals surface area contributed by atoms with Crippen molar-refractivity contribution in [3.05, 3.63) is 53.1 Å². The molecular weight excluding hydrogens is 580 g/mol. The number of rotatable bonds is 5. The Kier molecular flexibility index (Phi) is 6.96. The van der Waals surface area contributed by atoms with E-state index in [2.05, 4.69) is 5.43 Å². The number of nitrogens with zero attached hydrogens (tertiary/aromatic N) is 2. The highest BCUT2D eigenvalue weighted by atomic mass is 16.6. The number of fused-ring (bicyclic) bond motifs is 5. The number of ether oxygens (including phenoxy) is 1. The molecule has 10 N–H and O–H groups in total. The highest BCUT2D eigenvalue weighted by Gasteiger charge is 2.48. The molecule has 1 aromatic heterocycles. The number of carbonyl (C=O) groups is 3. The number of hydrogen-bond acceptors (Lipinski definition) is 12. The largest absolute Gasteiger partial charge is 0.508 e. The molecule has 15 heteroatoms. The maximum atomic E-state index is 14.0. The number of hydrogen-bond donors (Lipinski definition) is 9. The molecule has 0 spiro atoms. The van der Waals surface area contributed by atoms with Gasteiger partial charge in [-0.3, -0.25) is 19.8 Å². The summed E-state index contributed by atoms with van der Waals surface area (Å²) in [5, 5.41) is 73.6. The lowest BCUT2D eigenvalue weighted by Crippen LogP contribution is -2.56. The van der Waals surface area contributed by atoms with Crippen LogP contribution in [0, 0.1) is 6.92 Å². The summed E-state index contributed by atoms with van der Waals surface area (Å²) in [6, 6.07) is 8.69. The normalized spacial score (nSPS) is 23.5. The quantitative estimate of drug-likeness (QED) is 0.101. The van der Waals surface area contributed by atoms with Gasteiger partial charge in [0.05, 0.1) is 34.5 Å². The number of aromatic hydroxyl groups is 2. The molecule has 5 unspecified atom stereocenters. The van der Waals surface area contributed by atoms with Gasteiger partial charge in [0.25, 0.3) is 17.7 Å². The molecule has 44 heavy (non-hydrogen) atoms. The summed E-state index contributed by atoms with van der Waals surface area (Å²) in [5.41, 5.74) is 8.61. The number of benzene rings is 3. The van der Waals surface area contributed by atoms with Gasteiger partial charge in [-0.05, 0) is 30.2 Å². The molecular formula is C29H28N4O11. The third-order valence-corrected chi connectivity index (χ3v) is 8.19. The van der Waals surface area contributed by atoms with E-state index in [4.69, 9.17) is 10.5 Å². The number of phenolic OH excluding ortho intramolecular Hbond substituents is 2. The first-order chi connectivity index (χ1) is 20.9. The minimum atomic E-state index is -1.84. The number of carbonyl (C=O) groups excluding carboxylic acids is 3. The zero-order valence-electron chi connectivity index (χ0n) is 23.0. The Labute approximate surface area is 247 Å². The van der Waals surface area contributed by atoms with E-state index in [0.29, 0.717) is 5.01 Å². The Morgan fingerprint density at radius 2 is 1.57 bits per heavy atom. The minimum absolute atomic E-state index is 0.0148. The summed E-state index contributed by atoms with van der Waals surface area (Å²) in [4.78, 5) is 39.9. The van der Waals surface area contributed by atoms with Gasteiger partial charge in [-0.15, -0.1) is 0 Å². The van der Waals surface area contributed by atoms with Gasteiger partial charge in [0.2, 0.25) is 0 Å². The van der Waals surface area contributed by atoms with Crippen molar-refractivity contribution in [2.75, 3.05) is 18.9 Å². The molecule has 0 saturated carbocycles. The second-order valence-electron chi connectivity index (χ2n) is 10.6. The number of para-hydroxylation sites is 1. The Bertz CT molecular complexity index is 1880. The molecule has 2 aliphatic rings. The molecule has 1 saturated heterocycles. The van der Waals surface area contributed by atoms with Gasteiger partial charge < -0.3 is 50.8 Å². The van der Waals surface area contributed by atoms with Crippen LogP contribution in [0.2, 0.25) is 0 Å². The van der Waals surface area contributed by atoms with Crippen LogP contribution < -0.4 is 11.2 Å². The second kappa shape index (κ2) is 10.4. The summed E-state index contributed by atoms with van der Waals surface area (Å²) < 4.78 is 7.06. The number of amides is 3. The van der Waals surface area contributed by atoms with Gasteiger partial charge in [0, 0.05) is 16.3 Å². The van der Waals surface area contributed by atoms with Crippen LogP contribution in [-0.4, -0.2) is 101 Å². The lowest BCUT2D eigenvalue weighted by atomic mass is 9.89. The van der Waals surface area contributed by atoms with Gasteiger partial charge >= 0.3 is 0 Å².